The third kappa shape index (κ3) is 3.70. The highest BCUT2D eigenvalue weighted by atomic mass is 32.1. The molecule has 1 atom stereocenters. The first-order chi connectivity index (χ1) is 8.44. The van der Waals surface area contributed by atoms with Crippen LogP contribution < -0.4 is 10.6 Å². The summed E-state index contributed by atoms with van der Waals surface area (Å²) in [5.74, 6) is 0. The van der Waals surface area contributed by atoms with Gasteiger partial charge in [0, 0.05) is 11.7 Å². The van der Waals surface area contributed by atoms with Crippen molar-refractivity contribution in [2.24, 2.45) is 5.41 Å². The SMILES string of the molecule is Cc1ccc(NC(=S)NC2CCC(C)(C)C2)cc1. The van der Waals surface area contributed by atoms with E-state index < -0.39 is 0 Å². The summed E-state index contributed by atoms with van der Waals surface area (Å²) in [6.45, 7) is 6.73. The van der Waals surface area contributed by atoms with Gasteiger partial charge in [0.25, 0.3) is 0 Å². The van der Waals surface area contributed by atoms with Crippen molar-refractivity contribution in [3.63, 3.8) is 0 Å². The summed E-state index contributed by atoms with van der Waals surface area (Å²) in [6, 6.07) is 8.81. The van der Waals surface area contributed by atoms with Crippen LogP contribution in [0.15, 0.2) is 24.3 Å². The smallest absolute Gasteiger partial charge is 0.170 e. The van der Waals surface area contributed by atoms with Crippen LogP contribution in [0.4, 0.5) is 5.69 Å². The van der Waals surface area contributed by atoms with Gasteiger partial charge in [-0.15, -0.1) is 0 Å². The molecular formula is C15H22N2S. The van der Waals surface area contributed by atoms with Gasteiger partial charge >= 0.3 is 0 Å². The van der Waals surface area contributed by atoms with Gasteiger partial charge in [0.15, 0.2) is 5.11 Å². The lowest BCUT2D eigenvalue weighted by Crippen LogP contribution is -2.36. The van der Waals surface area contributed by atoms with E-state index in [0.29, 0.717) is 11.5 Å². The van der Waals surface area contributed by atoms with Gasteiger partial charge in [0.2, 0.25) is 0 Å². The molecule has 1 aliphatic rings. The zero-order chi connectivity index (χ0) is 13.2. The zero-order valence-corrected chi connectivity index (χ0v) is 12.2. The molecule has 0 bridgehead atoms. The monoisotopic (exact) mass is 262 g/mol. The number of hydrogen-bond acceptors (Lipinski definition) is 1. The topological polar surface area (TPSA) is 24.1 Å². The fraction of sp³-hybridized carbons (Fsp3) is 0.533. The third-order valence-corrected chi connectivity index (χ3v) is 3.83. The average molecular weight is 262 g/mol. The highest BCUT2D eigenvalue weighted by Gasteiger charge is 2.30. The lowest BCUT2D eigenvalue weighted by atomic mass is 9.92. The number of rotatable bonds is 2. The maximum atomic E-state index is 5.36. The second-order valence-electron chi connectivity index (χ2n) is 6.07. The molecule has 0 radical (unpaired) electrons. The summed E-state index contributed by atoms with van der Waals surface area (Å²) < 4.78 is 0. The Labute approximate surface area is 115 Å². The largest absolute Gasteiger partial charge is 0.360 e. The van der Waals surface area contributed by atoms with Crippen LogP contribution in [0, 0.1) is 12.3 Å². The molecule has 0 saturated heterocycles. The second kappa shape index (κ2) is 5.27. The molecule has 98 valence electrons. The fourth-order valence-corrected chi connectivity index (χ4v) is 2.83. The van der Waals surface area contributed by atoms with E-state index in [0.717, 1.165) is 10.8 Å². The molecule has 2 nitrogen and oxygen atoms in total. The molecule has 2 rings (SSSR count). The Morgan fingerprint density at radius 2 is 1.94 bits per heavy atom. The van der Waals surface area contributed by atoms with Crippen LogP contribution in [-0.2, 0) is 0 Å². The fourth-order valence-electron chi connectivity index (χ4n) is 2.55. The van der Waals surface area contributed by atoms with Gasteiger partial charge in [-0.25, -0.2) is 0 Å². The molecule has 2 N–H and O–H groups in total. The molecule has 18 heavy (non-hydrogen) atoms. The van der Waals surface area contributed by atoms with Gasteiger partial charge in [0.1, 0.15) is 0 Å². The number of anilines is 1. The lowest BCUT2D eigenvalue weighted by molar-refractivity contribution is 0.372. The van der Waals surface area contributed by atoms with Crippen LogP contribution >= 0.6 is 12.2 Å². The molecular weight excluding hydrogens is 240 g/mol. The Morgan fingerprint density at radius 3 is 2.50 bits per heavy atom. The van der Waals surface area contributed by atoms with Crippen molar-refractivity contribution in [2.75, 3.05) is 5.32 Å². The molecule has 0 heterocycles. The Morgan fingerprint density at radius 1 is 1.28 bits per heavy atom. The van der Waals surface area contributed by atoms with Crippen LogP contribution in [0.2, 0.25) is 0 Å². The highest BCUT2D eigenvalue weighted by Crippen LogP contribution is 2.36. The normalized spacial score (nSPS) is 21.6. The van der Waals surface area contributed by atoms with Crippen molar-refractivity contribution in [3.8, 4) is 0 Å². The van der Waals surface area contributed by atoms with Crippen LogP contribution in [0.25, 0.3) is 0 Å². The summed E-state index contributed by atoms with van der Waals surface area (Å²) in [5, 5.41) is 7.40. The Bertz CT molecular complexity index is 423. The second-order valence-corrected chi connectivity index (χ2v) is 6.48. The van der Waals surface area contributed by atoms with E-state index in [-0.39, 0.29) is 0 Å². The minimum absolute atomic E-state index is 0.455. The first-order valence-electron chi connectivity index (χ1n) is 6.59. The van der Waals surface area contributed by atoms with Gasteiger partial charge in [-0.3, -0.25) is 0 Å². The zero-order valence-electron chi connectivity index (χ0n) is 11.4. The molecule has 0 amide bonds. The maximum Gasteiger partial charge on any atom is 0.170 e. The van der Waals surface area contributed by atoms with Crippen molar-refractivity contribution in [1.29, 1.82) is 0 Å². The summed E-state index contributed by atoms with van der Waals surface area (Å²) in [7, 11) is 0. The van der Waals surface area contributed by atoms with E-state index in [1.807, 2.05) is 0 Å². The number of aryl methyl sites for hydroxylation is 1. The summed E-state index contributed by atoms with van der Waals surface area (Å²) in [6.07, 6.45) is 3.68. The van der Waals surface area contributed by atoms with Crippen molar-refractivity contribution in [1.82, 2.24) is 5.32 Å². The predicted octanol–water partition coefficient (Wildman–Crippen LogP) is 3.86. The quantitative estimate of drug-likeness (QED) is 0.791. The molecule has 3 heteroatoms. The molecule has 0 aromatic heterocycles. The van der Waals surface area contributed by atoms with Gasteiger partial charge in [-0.1, -0.05) is 31.5 Å². The van der Waals surface area contributed by atoms with Crippen molar-refractivity contribution >= 4 is 23.0 Å². The summed E-state index contributed by atoms with van der Waals surface area (Å²) >= 11 is 5.36. The predicted molar refractivity (Wildman–Crippen MR) is 82.0 cm³/mol. The number of hydrogen-bond donors (Lipinski definition) is 2. The molecule has 1 aromatic rings. The minimum atomic E-state index is 0.455. The molecule has 1 saturated carbocycles. The Kier molecular flexibility index (Phi) is 3.91. The maximum absolute atomic E-state index is 5.36. The first kappa shape index (κ1) is 13.3. The van der Waals surface area contributed by atoms with Gasteiger partial charge < -0.3 is 10.6 Å². The Balaban J connectivity index is 1.84. The molecule has 0 spiro atoms. The van der Waals surface area contributed by atoms with Crippen molar-refractivity contribution in [3.05, 3.63) is 29.8 Å². The number of nitrogens with one attached hydrogen (secondary N) is 2. The number of thiocarbonyl (C=S) groups is 1. The van der Waals surface area contributed by atoms with Crippen molar-refractivity contribution < 1.29 is 0 Å². The van der Waals surface area contributed by atoms with Crippen LogP contribution in [-0.4, -0.2) is 11.2 Å². The van der Waals surface area contributed by atoms with Gasteiger partial charge in [-0.2, -0.15) is 0 Å². The third-order valence-electron chi connectivity index (χ3n) is 3.61. The lowest BCUT2D eigenvalue weighted by Gasteiger charge is -2.19. The molecule has 1 unspecified atom stereocenters. The Hall–Kier alpha value is -1.09. The number of benzene rings is 1. The minimum Gasteiger partial charge on any atom is -0.360 e. The van der Waals surface area contributed by atoms with Crippen LogP contribution in [0.1, 0.15) is 38.7 Å². The van der Waals surface area contributed by atoms with Gasteiger partial charge in [0.05, 0.1) is 0 Å². The summed E-state index contributed by atoms with van der Waals surface area (Å²) in [5.41, 5.74) is 2.77. The van der Waals surface area contributed by atoms with Crippen LogP contribution in [0.5, 0.6) is 0 Å². The van der Waals surface area contributed by atoms with E-state index >= 15 is 0 Å². The van der Waals surface area contributed by atoms with E-state index in [4.69, 9.17) is 12.2 Å². The summed E-state index contributed by atoms with van der Waals surface area (Å²) in [4.78, 5) is 0. The van der Waals surface area contributed by atoms with E-state index in [2.05, 4.69) is 55.7 Å². The van der Waals surface area contributed by atoms with E-state index in [1.165, 1.54) is 24.8 Å². The first-order valence-corrected chi connectivity index (χ1v) is 7.00. The average Bonchev–Trinajstić information content (AvgIpc) is 2.61. The molecule has 1 fully saturated rings. The molecule has 1 aliphatic carbocycles. The van der Waals surface area contributed by atoms with Crippen LogP contribution in [0.3, 0.4) is 0 Å². The van der Waals surface area contributed by atoms with Crippen molar-refractivity contribution in [2.45, 2.75) is 46.1 Å². The van der Waals surface area contributed by atoms with Gasteiger partial charge in [-0.05, 0) is 56.0 Å². The highest BCUT2D eigenvalue weighted by molar-refractivity contribution is 7.80. The van der Waals surface area contributed by atoms with E-state index in [9.17, 15) is 0 Å². The molecule has 0 aliphatic heterocycles. The van der Waals surface area contributed by atoms with E-state index in [1.54, 1.807) is 0 Å². The standard InChI is InChI=1S/C15H22N2S/c1-11-4-6-12(7-5-11)16-14(18)17-13-8-9-15(2,3)10-13/h4-7,13H,8-10H2,1-3H3,(H2,16,17,18). The molecule has 1 aromatic carbocycles.